The molecule has 0 N–H and O–H groups in total. The highest BCUT2D eigenvalue weighted by atomic mass is 35.5. The van der Waals surface area contributed by atoms with Gasteiger partial charge >= 0.3 is 0 Å². The second-order valence-corrected chi connectivity index (χ2v) is 8.26. The summed E-state index contributed by atoms with van der Waals surface area (Å²) >= 11 is 5.83. The summed E-state index contributed by atoms with van der Waals surface area (Å²) in [6, 6.07) is 8.94. The van der Waals surface area contributed by atoms with E-state index in [1.54, 1.807) is 30.3 Å². The van der Waals surface area contributed by atoms with Crippen molar-refractivity contribution < 1.29 is 12.9 Å². The van der Waals surface area contributed by atoms with E-state index in [1.165, 1.54) is 9.71 Å². The van der Waals surface area contributed by atoms with Crippen LogP contribution in [0.15, 0.2) is 40.3 Å². The van der Waals surface area contributed by atoms with Gasteiger partial charge in [-0.25, -0.2) is 8.42 Å². The van der Waals surface area contributed by atoms with E-state index in [-0.39, 0.29) is 0 Å². The van der Waals surface area contributed by atoms with Crippen LogP contribution in [-0.2, 0) is 16.6 Å². The summed E-state index contributed by atoms with van der Waals surface area (Å²) in [5.74, 6) is 0.802. The molecule has 134 valence electrons. The summed E-state index contributed by atoms with van der Waals surface area (Å²) < 4.78 is 31.6. The Morgan fingerprint density at radius 1 is 1.20 bits per heavy atom. The van der Waals surface area contributed by atoms with Crippen molar-refractivity contribution in [3.8, 4) is 0 Å². The van der Waals surface area contributed by atoms with Gasteiger partial charge in [-0.15, -0.1) is 0 Å². The predicted octanol–water partition coefficient (Wildman–Crippen LogP) is 2.75. The van der Waals surface area contributed by atoms with Crippen LogP contribution in [0.3, 0.4) is 0 Å². The zero-order valence-electron chi connectivity index (χ0n) is 13.9. The molecule has 1 aromatic heterocycles. The first kappa shape index (κ1) is 18.1. The largest absolute Gasteiger partial charge is 0.360 e. The highest BCUT2D eigenvalue weighted by Crippen LogP contribution is 2.15. The van der Waals surface area contributed by atoms with E-state index >= 15 is 0 Å². The number of aryl methyl sites for hydroxylation is 1. The molecule has 6 nitrogen and oxygen atoms in total. The number of nitrogens with zero attached hydrogens (tertiary/aromatic N) is 3. The minimum Gasteiger partial charge on any atom is -0.360 e. The number of hydrogen-bond donors (Lipinski definition) is 0. The summed E-state index contributed by atoms with van der Waals surface area (Å²) in [6.07, 6.45) is 1.59. The molecule has 8 heteroatoms. The molecule has 0 unspecified atom stereocenters. The smallest absolute Gasteiger partial charge is 0.236 e. The molecule has 1 saturated heterocycles. The van der Waals surface area contributed by atoms with Gasteiger partial charge in [0.25, 0.3) is 0 Å². The van der Waals surface area contributed by atoms with E-state index in [4.69, 9.17) is 16.1 Å². The molecule has 0 atom stereocenters. The van der Waals surface area contributed by atoms with Gasteiger partial charge in [0, 0.05) is 42.7 Å². The molecule has 0 aliphatic carbocycles. The molecule has 1 fully saturated rings. The number of benzene rings is 1. The fraction of sp³-hybridized carbons (Fsp3) is 0.353. The van der Waals surface area contributed by atoms with Gasteiger partial charge in [-0.1, -0.05) is 28.9 Å². The Balaban J connectivity index is 1.56. The second-order valence-electron chi connectivity index (χ2n) is 6.01. The molecule has 0 bridgehead atoms. The van der Waals surface area contributed by atoms with E-state index in [0.717, 1.165) is 17.0 Å². The van der Waals surface area contributed by atoms with Gasteiger partial charge in [0.2, 0.25) is 10.0 Å². The predicted molar refractivity (Wildman–Crippen MR) is 97.5 cm³/mol. The highest BCUT2D eigenvalue weighted by Gasteiger charge is 2.25. The van der Waals surface area contributed by atoms with Crippen LogP contribution in [0, 0.1) is 6.92 Å². The van der Waals surface area contributed by atoms with Crippen molar-refractivity contribution in [2.24, 2.45) is 0 Å². The molecular formula is C17H20ClN3O3S. The Hall–Kier alpha value is -1.67. The van der Waals surface area contributed by atoms with Crippen molar-refractivity contribution in [1.29, 1.82) is 0 Å². The first-order valence-corrected chi connectivity index (χ1v) is 9.89. The molecular weight excluding hydrogens is 362 g/mol. The molecule has 0 amide bonds. The monoisotopic (exact) mass is 381 g/mol. The fourth-order valence-corrected chi connectivity index (χ4v) is 3.98. The van der Waals surface area contributed by atoms with Crippen LogP contribution in [0.2, 0.25) is 5.02 Å². The van der Waals surface area contributed by atoms with Crippen molar-refractivity contribution in [2.45, 2.75) is 13.5 Å². The number of piperazine rings is 1. The van der Waals surface area contributed by atoms with E-state index in [0.29, 0.717) is 37.7 Å². The Morgan fingerprint density at radius 3 is 2.48 bits per heavy atom. The van der Waals surface area contributed by atoms with E-state index in [2.05, 4.69) is 10.1 Å². The third-order valence-electron chi connectivity index (χ3n) is 4.05. The van der Waals surface area contributed by atoms with Crippen LogP contribution in [0.5, 0.6) is 0 Å². The van der Waals surface area contributed by atoms with Crippen LogP contribution in [0.25, 0.3) is 6.08 Å². The van der Waals surface area contributed by atoms with Gasteiger partial charge in [0.05, 0.1) is 12.2 Å². The molecule has 1 aromatic carbocycles. The maximum Gasteiger partial charge on any atom is 0.236 e. The summed E-state index contributed by atoms with van der Waals surface area (Å²) in [4.78, 5) is 2.16. The number of sulfonamides is 1. The lowest BCUT2D eigenvalue weighted by Gasteiger charge is -2.32. The SMILES string of the molecule is Cc1cc(CN2CCN(S(=O)(=O)/C=C/c3ccc(Cl)cc3)CC2)on1. The Labute approximate surface area is 152 Å². The van der Waals surface area contributed by atoms with Crippen molar-refractivity contribution >= 4 is 27.7 Å². The zero-order valence-corrected chi connectivity index (χ0v) is 15.5. The first-order valence-electron chi connectivity index (χ1n) is 8.01. The molecule has 2 aromatic rings. The van der Waals surface area contributed by atoms with Gasteiger partial charge in [-0.05, 0) is 30.7 Å². The lowest BCUT2D eigenvalue weighted by molar-refractivity contribution is 0.166. The van der Waals surface area contributed by atoms with Crippen LogP contribution in [0.1, 0.15) is 17.0 Å². The van der Waals surface area contributed by atoms with Crippen LogP contribution >= 0.6 is 11.6 Å². The minimum atomic E-state index is -3.43. The van der Waals surface area contributed by atoms with Crippen molar-refractivity contribution in [1.82, 2.24) is 14.4 Å². The lowest BCUT2D eigenvalue weighted by Crippen LogP contribution is -2.47. The third-order valence-corrected chi connectivity index (χ3v) is 5.87. The molecule has 3 rings (SSSR count). The van der Waals surface area contributed by atoms with Gasteiger partial charge in [0.15, 0.2) is 5.76 Å². The van der Waals surface area contributed by atoms with Crippen LogP contribution in [0.4, 0.5) is 0 Å². The van der Waals surface area contributed by atoms with Crippen molar-refractivity contribution in [2.75, 3.05) is 26.2 Å². The van der Waals surface area contributed by atoms with Crippen molar-refractivity contribution in [3.63, 3.8) is 0 Å². The average Bonchev–Trinajstić information content (AvgIpc) is 3.00. The van der Waals surface area contributed by atoms with Crippen LogP contribution < -0.4 is 0 Å². The maximum absolute atomic E-state index is 12.5. The quantitative estimate of drug-likeness (QED) is 0.796. The lowest BCUT2D eigenvalue weighted by atomic mass is 10.2. The number of hydrogen-bond acceptors (Lipinski definition) is 5. The molecule has 25 heavy (non-hydrogen) atoms. The minimum absolute atomic E-state index is 0.459. The summed E-state index contributed by atoms with van der Waals surface area (Å²) in [5.41, 5.74) is 1.65. The molecule has 2 heterocycles. The number of rotatable bonds is 5. The van der Waals surface area contributed by atoms with E-state index in [1.807, 2.05) is 13.0 Å². The van der Waals surface area contributed by atoms with E-state index < -0.39 is 10.0 Å². The van der Waals surface area contributed by atoms with E-state index in [9.17, 15) is 8.42 Å². The maximum atomic E-state index is 12.5. The van der Waals surface area contributed by atoms with Crippen LogP contribution in [-0.4, -0.2) is 49.0 Å². The normalized spacial score (nSPS) is 17.4. The summed E-state index contributed by atoms with van der Waals surface area (Å²) in [5, 5.41) is 5.75. The number of halogens is 1. The third kappa shape index (κ3) is 4.92. The van der Waals surface area contributed by atoms with Crippen molar-refractivity contribution in [3.05, 3.63) is 57.8 Å². The number of aromatic nitrogens is 1. The van der Waals surface area contributed by atoms with Gasteiger partial charge in [-0.2, -0.15) is 4.31 Å². The van der Waals surface area contributed by atoms with Gasteiger partial charge in [-0.3, -0.25) is 4.90 Å². The molecule has 0 spiro atoms. The molecule has 1 aliphatic heterocycles. The molecule has 0 radical (unpaired) electrons. The molecule has 0 saturated carbocycles. The summed E-state index contributed by atoms with van der Waals surface area (Å²) in [6.45, 7) is 4.77. The highest BCUT2D eigenvalue weighted by molar-refractivity contribution is 7.92. The average molecular weight is 382 g/mol. The standard InChI is InChI=1S/C17H20ClN3O3S/c1-14-12-17(24-19-14)13-20-7-9-21(10-8-20)25(22,23)11-6-15-2-4-16(18)5-3-15/h2-6,11-12H,7-10,13H2,1H3/b11-6+. The fourth-order valence-electron chi connectivity index (χ4n) is 2.68. The molecule has 1 aliphatic rings. The first-order chi connectivity index (χ1) is 11.9. The topological polar surface area (TPSA) is 66.7 Å². The zero-order chi connectivity index (χ0) is 17.9. The summed E-state index contributed by atoms with van der Waals surface area (Å²) in [7, 11) is -3.43. The second kappa shape index (κ2) is 7.70. The Kier molecular flexibility index (Phi) is 5.58. The Morgan fingerprint density at radius 2 is 1.88 bits per heavy atom. The van der Waals surface area contributed by atoms with Gasteiger partial charge in [0.1, 0.15) is 0 Å². The van der Waals surface area contributed by atoms with Gasteiger partial charge < -0.3 is 4.52 Å². The Bertz CT molecular complexity index is 838.